The Labute approximate surface area is 112 Å². The van der Waals surface area contributed by atoms with E-state index in [0.29, 0.717) is 5.82 Å². The second-order valence-electron chi connectivity index (χ2n) is 4.67. The number of aromatic nitrogens is 2. The Balaban J connectivity index is 2.11. The summed E-state index contributed by atoms with van der Waals surface area (Å²) in [6.45, 7) is 3.86. The van der Waals surface area contributed by atoms with E-state index in [0.717, 1.165) is 16.8 Å². The van der Waals surface area contributed by atoms with Gasteiger partial charge < -0.3 is 11.1 Å². The number of aryl methyl sites for hydroxylation is 3. The largest absolute Gasteiger partial charge is 0.316 e. The molecule has 0 aliphatic heterocycles. The van der Waals surface area contributed by atoms with Crippen LogP contribution in [0.15, 0.2) is 30.3 Å². The molecular formula is C14H18N4O. The monoisotopic (exact) mass is 258 g/mol. The van der Waals surface area contributed by atoms with E-state index in [2.05, 4.69) is 10.4 Å². The average Bonchev–Trinajstić information content (AvgIpc) is 2.68. The van der Waals surface area contributed by atoms with Crippen LogP contribution in [0.3, 0.4) is 0 Å². The zero-order valence-electron chi connectivity index (χ0n) is 11.3. The quantitative estimate of drug-likeness (QED) is 0.879. The van der Waals surface area contributed by atoms with Crippen LogP contribution in [0.4, 0.5) is 5.82 Å². The lowest BCUT2D eigenvalue weighted by Crippen LogP contribution is -2.28. The Morgan fingerprint density at radius 2 is 1.95 bits per heavy atom. The number of anilines is 1. The third-order valence-electron chi connectivity index (χ3n) is 2.97. The van der Waals surface area contributed by atoms with E-state index < -0.39 is 6.04 Å². The summed E-state index contributed by atoms with van der Waals surface area (Å²) in [6.07, 6.45) is 0. The molecule has 0 bridgehead atoms. The third-order valence-corrected chi connectivity index (χ3v) is 2.97. The van der Waals surface area contributed by atoms with Gasteiger partial charge in [0.15, 0.2) is 0 Å². The smallest absolute Gasteiger partial charge is 0.247 e. The van der Waals surface area contributed by atoms with Gasteiger partial charge in [-0.3, -0.25) is 9.48 Å². The molecule has 0 fully saturated rings. The van der Waals surface area contributed by atoms with E-state index in [1.807, 2.05) is 38.1 Å². The van der Waals surface area contributed by atoms with Gasteiger partial charge in [0.25, 0.3) is 0 Å². The molecule has 100 valence electrons. The Kier molecular flexibility index (Phi) is 3.66. The predicted molar refractivity (Wildman–Crippen MR) is 74.7 cm³/mol. The number of nitrogens with zero attached hydrogens (tertiary/aromatic N) is 2. The summed E-state index contributed by atoms with van der Waals surface area (Å²) in [7, 11) is 1.78. The molecule has 0 spiro atoms. The highest BCUT2D eigenvalue weighted by molar-refractivity contribution is 5.94. The molecule has 2 aromatic rings. The first kappa shape index (κ1) is 13.3. The number of rotatable bonds is 3. The number of amides is 1. The fourth-order valence-electron chi connectivity index (χ4n) is 1.86. The van der Waals surface area contributed by atoms with Crippen LogP contribution < -0.4 is 11.1 Å². The minimum absolute atomic E-state index is 0.244. The van der Waals surface area contributed by atoms with Gasteiger partial charge in [0.2, 0.25) is 5.91 Å². The second-order valence-corrected chi connectivity index (χ2v) is 4.67. The number of carbonyl (C=O) groups is 1. The minimum atomic E-state index is -0.684. The van der Waals surface area contributed by atoms with Gasteiger partial charge in [-0.1, -0.05) is 29.8 Å². The van der Waals surface area contributed by atoms with Crippen molar-refractivity contribution in [2.75, 3.05) is 5.32 Å². The molecule has 1 heterocycles. The molecule has 5 nitrogen and oxygen atoms in total. The van der Waals surface area contributed by atoms with Crippen LogP contribution in [0.25, 0.3) is 0 Å². The molecule has 0 saturated heterocycles. The first-order valence-corrected chi connectivity index (χ1v) is 6.11. The van der Waals surface area contributed by atoms with Gasteiger partial charge in [-0.25, -0.2) is 0 Å². The Hall–Kier alpha value is -2.14. The Morgan fingerprint density at radius 3 is 2.47 bits per heavy atom. The SMILES string of the molecule is Cc1ccc(C(N)C(=O)Nc2cc(C)nn2C)cc1. The van der Waals surface area contributed by atoms with E-state index in [-0.39, 0.29) is 5.91 Å². The first-order chi connectivity index (χ1) is 8.97. The molecule has 0 radical (unpaired) electrons. The summed E-state index contributed by atoms with van der Waals surface area (Å²) in [5, 5.41) is 6.95. The van der Waals surface area contributed by atoms with Crippen molar-refractivity contribution in [2.45, 2.75) is 19.9 Å². The molecule has 1 aromatic heterocycles. The molecule has 1 atom stereocenters. The van der Waals surface area contributed by atoms with Crippen molar-refractivity contribution in [2.24, 2.45) is 12.8 Å². The lowest BCUT2D eigenvalue weighted by molar-refractivity contribution is -0.117. The standard InChI is InChI=1S/C14H18N4O/c1-9-4-6-11(7-5-9)13(15)14(19)16-12-8-10(2)17-18(12)3/h4-8,13H,15H2,1-3H3,(H,16,19). The van der Waals surface area contributed by atoms with Crippen LogP contribution in [-0.4, -0.2) is 15.7 Å². The van der Waals surface area contributed by atoms with E-state index in [1.165, 1.54) is 0 Å². The number of nitrogens with two attached hydrogens (primary N) is 1. The van der Waals surface area contributed by atoms with Gasteiger partial charge in [0.1, 0.15) is 11.9 Å². The average molecular weight is 258 g/mol. The van der Waals surface area contributed by atoms with Crippen LogP contribution in [0, 0.1) is 13.8 Å². The van der Waals surface area contributed by atoms with E-state index in [9.17, 15) is 4.79 Å². The van der Waals surface area contributed by atoms with Crippen LogP contribution in [0.5, 0.6) is 0 Å². The summed E-state index contributed by atoms with van der Waals surface area (Å²) in [6, 6.07) is 8.74. The molecule has 1 amide bonds. The molecule has 0 saturated carbocycles. The molecule has 1 unspecified atom stereocenters. The van der Waals surface area contributed by atoms with Gasteiger partial charge in [-0.15, -0.1) is 0 Å². The summed E-state index contributed by atoms with van der Waals surface area (Å²) in [5.74, 6) is 0.400. The summed E-state index contributed by atoms with van der Waals surface area (Å²) in [5.41, 5.74) is 8.73. The molecule has 1 aromatic carbocycles. The fraction of sp³-hybridized carbons (Fsp3) is 0.286. The Bertz CT molecular complexity index is 586. The summed E-state index contributed by atoms with van der Waals surface area (Å²) in [4.78, 5) is 12.1. The molecule has 2 rings (SSSR count). The molecular weight excluding hydrogens is 240 g/mol. The topological polar surface area (TPSA) is 72.9 Å². The van der Waals surface area contributed by atoms with E-state index in [4.69, 9.17) is 5.73 Å². The van der Waals surface area contributed by atoms with Gasteiger partial charge in [0, 0.05) is 13.1 Å². The number of benzene rings is 1. The van der Waals surface area contributed by atoms with Gasteiger partial charge in [0.05, 0.1) is 5.69 Å². The highest BCUT2D eigenvalue weighted by Gasteiger charge is 2.17. The van der Waals surface area contributed by atoms with Crippen molar-refractivity contribution in [3.8, 4) is 0 Å². The maximum absolute atomic E-state index is 12.1. The normalized spacial score (nSPS) is 12.2. The van der Waals surface area contributed by atoms with Crippen LogP contribution >= 0.6 is 0 Å². The zero-order valence-corrected chi connectivity index (χ0v) is 11.3. The van der Waals surface area contributed by atoms with Crippen molar-refractivity contribution in [1.82, 2.24) is 9.78 Å². The van der Waals surface area contributed by atoms with Crippen molar-refractivity contribution in [1.29, 1.82) is 0 Å². The lowest BCUT2D eigenvalue weighted by atomic mass is 10.1. The van der Waals surface area contributed by atoms with Gasteiger partial charge in [-0.2, -0.15) is 5.10 Å². The minimum Gasteiger partial charge on any atom is -0.316 e. The lowest BCUT2D eigenvalue weighted by Gasteiger charge is -2.12. The fourth-order valence-corrected chi connectivity index (χ4v) is 1.86. The van der Waals surface area contributed by atoms with E-state index >= 15 is 0 Å². The zero-order chi connectivity index (χ0) is 14.0. The number of hydrogen-bond donors (Lipinski definition) is 2. The molecule has 5 heteroatoms. The van der Waals surface area contributed by atoms with Crippen LogP contribution in [-0.2, 0) is 11.8 Å². The molecule has 3 N–H and O–H groups in total. The Morgan fingerprint density at radius 1 is 1.32 bits per heavy atom. The molecule has 0 aliphatic rings. The van der Waals surface area contributed by atoms with Crippen LogP contribution in [0.2, 0.25) is 0 Å². The second kappa shape index (κ2) is 5.24. The summed E-state index contributed by atoms with van der Waals surface area (Å²) >= 11 is 0. The summed E-state index contributed by atoms with van der Waals surface area (Å²) < 4.78 is 1.62. The number of nitrogens with one attached hydrogen (secondary N) is 1. The van der Waals surface area contributed by atoms with Crippen molar-refractivity contribution >= 4 is 11.7 Å². The highest BCUT2D eigenvalue weighted by atomic mass is 16.2. The highest BCUT2D eigenvalue weighted by Crippen LogP contribution is 2.15. The van der Waals surface area contributed by atoms with E-state index in [1.54, 1.807) is 17.8 Å². The first-order valence-electron chi connectivity index (χ1n) is 6.11. The maximum Gasteiger partial charge on any atom is 0.247 e. The van der Waals surface area contributed by atoms with Crippen molar-refractivity contribution in [3.63, 3.8) is 0 Å². The molecule has 19 heavy (non-hydrogen) atoms. The van der Waals surface area contributed by atoms with Crippen molar-refractivity contribution < 1.29 is 4.79 Å². The van der Waals surface area contributed by atoms with Crippen LogP contribution in [0.1, 0.15) is 22.9 Å². The maximum atomic E-state index is 12.1. The predicted octanol–water partition coefficient (Wildman–Crippen LogP) is 1.68. The van der Waals surface area contributed by atoms with Gasteiger partial charge in [-0.05, 0) is 19.4 Å². The number of hydrogen-bond acceptors (Lipinski definition) is 3. The third kappa shape index (κ3) is 3.00. The number of carbonyl (C=O) groups excluding carboxylic acids is 1. The van der Waals surface area contributed by atoms with Gasteiger partial charge >= 0.3 is 0 Å². The molecule has 0 aliphatic carbocycles. The van der Waals surface area contributed by atoms with Crippen molar-refractivity contribution in [3.05, 3.63) is 47.2 Å².